The van der Waals surface area contributed by atoms with Gasteiger partial charge in [0, 0.05) is 31.4 Å². The number of phenols is 1. The van der Waals surface area contributed by atoms with Crippen LogP contribution >= 0.6 is 0 Å². The first-order chi connectivity index (χ1) is 13.5. The summed E-state index contributed by atoms with van der Waals surface area (Å²) in [7, 11) is 1.63. The summed E-state index contributed by atoms with van der Waals surface area (Å²) in [5.41, 5.74) is 2.55. The lowest BCUT2D eigenvalue weighted by molar-refractivity contribution is 0.198. The summed E-state index contributed by atoms with van der Waals surface area (Å²) in [6.07, 6.45) is 0.766. The number of hydrogen-bond acceptors (Lipinski definition) is 4. The van der Waals surface area contributed by atoms with Crippen molar-refractivity contribution in [1.82, 2.24) is 4.98 Å². The highest BCUT2D eigenvalue weighted by molar-refractivity contribution is 5.76. The van der Waals surface area contributed by atoms with E-state index >= 15 is 0 Å². The molecule has 1 heterocycles. The van der Waals surface area contributed by atoms with Crippen LogP contribution in [0.25, 0.3) is 22.4 Å². The Labute approximate surface area is 162 Å². The van der Waals surface area contributed by atoms with Gasteiger partial charge in [0.1, 0.15) is 11.6 Å². The molecule has 146 valence electrons. The first-order valence-electron chi connectivity index (χ1n) is 8.99. The number of halogens is 2. The number of methoxy groups -OCH3 is 1. The fraction of sp³-hybridized carbons (Fsp3) is 0.227. The third kappa shape index (κ3) is 4.46. The molecule has 0 radical (unpaired) electrons. The number of phenolic OH excluding ortho intramolecular Hbond substituents is 1. The summed E-state index contributed by atoms with van der Waals surface area (Å²) < 4.78 is 33.1. The molecule has 6 heteroatoms. The second-order valence-electron chi connectivity index (χ2n) is 6.52. The second kappa shape index (κ2) is 8.80. The highest BCUT2D eigenvalue weighted by Crippen LogP contribution is 2.34. The molecule has 0 saturated carbocycles. The highest BCUT2D eigenvalue weighted by Gasteiger charge is 2.14. The van der Waals surface area contributed by atoms with Gasteiger partial charge in [0.05, 0.1) is 5.69 Å². The van der Waals surface area contributed by atoms with Gasteiger partial charge in [-0.05, 0) is 49.2 Å². The predicted molar refractivity (Wildman–Crippen MR) is 106 cm³/mol. The topological polar surface area (TPSA) is 54.4 Å². The molecule has 0 fully saturated rings. The average molecular weight is 384 g/mol. The van der Waals surface area contributed by atoms with Crippen LogP contribution in [0.5, 0.6) is 5.75 Å². The maximum Gasteiger partial charge on any atom is 0.166 e. The van der Waals surface area contributed by atoms with Crippen molar-refractivity contribution in [1.29, 1.82) is 0 Å². The Bertz CT molecular complexity index is 956. The standard InChI is InChI=1S/C22H22F2N2O2/c1-14-7-8-20(27)17(11-14)19-12-15(16-5-3-6-18(23)22(16)24)13-21(26-19)25-9-4-10-28-2/h3,5-8,11-13,27H,4,9-10H2,1-2H3,(H,25,26). The Morgan fingerprint density at radius 3 is 2.68 bits per heavy atom. The lowest BCUT2D eigenvalue weighted by Crippen LogP contribution is -2.07. The molecule has 0 unspecified atom stereocenters. The molecule has 0 aliphatic carbocycles. The van der Waals surface area contributed by atoms with E-state index in [0.29, 0.717) is 35.8 Å². The van der Waals surface area contributed by atoms with Gasteiger partial charge in [-0.2, -0.15) is 0 Å². The molecule has 3 rings (SSSR count). The average Bonchev–Trinajstić information content (AvgIpc) is 2.69. The molecule has 0 spiro atoms. The van der Waals surface area contributed by atoms with Gasteiger partial charge in [-0.1, -0.05) is 23.8 Å². The van der Waals surface area contributed by atoms with Gasteiger partial charge in [0.25, 0.3) is 0 Å². The number of ether oxygens (including phenoxy) is 1. The van der Waals surface area contributed by atoms with Crippen LogP contribution in [-0.4, -0.2) is 30.4 Å². The first-order valence-corrected chi connectivity index (χ1v) is 8.99. The molecule has 0 saturated heterocycles. The van der Waals surface area contributed by atoms with Crippen molar-refractivity contribution in [2.24, 2.45) is 0 Å². The van der Waals surface area contributed by atoms with Crippen molar-refractivity contribution in [2.45, 2.75) is 13.3 Å². The second-order valence-corrected chi connectivity index (χ2v) is 6.52. The van der Waals surface area contributed by atoms with E-state index in [2.05, 4.69) is 10.3 Å². The zero-order valence-electron chi connectivity index (χ0n) is 15.8. The lowest BCUT2D eigenvalue weighted by atomic mass is 10.0. The minimum Gasteiger partial charge on any atom is -0.507 e. The van der Waals surface area contributed by atoms with E-state index in [1.54, 1.807) is 37.4 Å². The zero-order chi connectivity index (χ0) is 20.1. The molecular weight excluding hydrogens is 362 g/mol. The number of aryl methyl sites for hydroxylation is 1. The highest BCUT2D eigenvalue weighted by atomic mass is 19.2. The number of anilines is 1. The fourth-order valence-corrected chi connectivity index (χ4v) is 2.93. The van der Waals surface area contributed by atoms with Crippen molar-refractivity contribution in [3.63, 3.8) is 0 Å². The normalized spacial score (nSPS) is 10.9. The number of rotatable bonds is 7. The molecule has 0 aliphatic rings. The SMILES string of the molecule is COCCCNc1cc(-c2cccc(F)c2F)cc(-c2cc(C)ccc2O)n1. The minimum atomic E-state index is -0.918. The van der Waals surface area contributed by atoms with Gasteiger partial charge in [-0.25, -0.2) is 13.8 Å². The zero-order valence-corrected chi connectivity index (χ0v) is 15.8. The third-order valence-electron chi connectivity index (χ3n) is 4.35. The summed E-state index contributed by atoms with van der Waals surface area (Å²) in [6, 6.07) is 12.6. The quantitative estimate of drug-likeness (QED) is 0.553. The first kappa shape index (κ1) is 19.8. The smallest absolute Gasteiger partial charge is 0.166 e. The summed E-state index contributed by atoms with van der Waals surface area (Å²) in [5.74, 6) is -1.25. The molecule has 0 aliphatic heterocycles. The van der Waals surface area contributed by atoms with E-state index in [-0.39, 0.29) is 11.3 Å². The predicted octanol–water partition coefficient (Wildman–Crippen LogP) is 5.16. The van der Waals surface area contributed by atoms with Gasteiger partial charge in [0.2, 0.25) is 0 Å². The molecule has 0 atom stereocenters. The van der Waals surface area contributed by atoms with Crippen LogP contribution in [0.3, 0.4) is 0 Å². The van der Waals surface area contributed by atoms with Crippen LogP contribution in [-0.2, 0) is 4.74 Å². The van der Waals surface area contributed by atoms with E-state index in [1.807, 2.05) is 6.92 Å². The molecule has 0 bridgehead atoms. The number of aromatic hydroxyl groups is 1. The van der Waals surface area contributed by atoms with E-state index in [9.17, 15) is 13.9 Å². The summed E-state index contributed by atoms with van der Waals surface area (Å²) in [6.45, 7) is 3.11. The number of pyridine rings is 1. The summed E-state index contributed by atoms with van der Waals surface area (Å²) in [4.78, 5) is 4.55. The van der Waals surface area contributed by atoms with E-state index in [1.165, 1.54) is 12.1 Å². The van der Waals surface area contributed by atoms with Crippen molar-refractivity contribution in [3.8, 4) is 28.1 Å². The number of aromatic nitrogens is 1. The molecule has 2 N–H and O–H groups in total. The third-order valence-corrected chi connectivity index (χ3v) is 4.35. The Hall–Kier alpha value is -2.99. The van der Waals surface area contributed by atoms with Gasteiger partial charge in [0.15, 0.2) is 11.6 Å². The Balaban J connectivity index is 2.08. The van der Waals surface area contributed by atoms with Crippen LogP contribution < -0.4 is 5.32 Å². The molecule has 0 amide bonds. The fourth-order valence-electron chi connectivity index (χ4n) is 2.93. The Morgan fingerprint density at radius 2 is 1.89 bits per heavy atom. The van der Waals surface area contributed by atoms with Crippen LogP contribution in [0.2, 0.25) is 0 Å². The van der Waals surface area contributed by atoms with Crippen LogP contribution in [0, 0.1) is 18.6 Å². The van der Waals surface area contributed by atoms with E-state index in [4.69, 9.17) is 4.74 Å². The maximum absolute atomic E-state index is 14.4. The summed E-state index contributed by atoms with van der Waals surface area (Å²) in [5, 5.41) is 13.5. The van der Waals surface area contributed by atoms with E-state index < -0.39 is 11.6 Å². The van der Waals surface area contributed by atoms with Crippen LogP contribution in [0.15, 0.2) is 48.5 Å². The maximum atomic E-state index is 14.4. The van der Waals surface area contributed by atoms with Gasteiger partial charge < -0.3 is 15.2 Å². The van der Waals surface area contributed by atoms with Gasteiger partial charge in [-0.3, -0.25) is 0 Å². The molecule has 2 aromatic carbocycles. The molecule has 28 heavy (non-hydrogen) atoms. The van der Waals surface area contributed by atoms with Crippen LogP contribution in [0.1, 0.15) is 12.0 Å². The van der Waals surface area contributed by atoms with Crippen LogP contribution in [0.4, 0.5) is 14.6 Å². The summed E-state index contributed by atoms with van der Waals surface area (Å²) >= 11 is 0. The molecule has 4 nitrogen and oxygen atoms in total. The number of hydrogen-bond donors (Lipinski definition) is 2. The van der Waals surface area contributed by atoms with Gasteiger partial charge in [-0.15, -0.1) is 0 Å². The van der Waals surface area contributed by atoms with Crippen molar-refractivity contribution in [2.75, 3.05) is 25.6 Å². The van der Waals surface area contributed by atoms with Crippen molar-refractivity contribution in [3.05, 3.63) is 65.7 Å². The molecule has 1 aromatic heterocycles. The number of nitrogens with one attached hydrogen (secondary N) is 1. The molecular formula is C22H22F2N2O2. The van der Waals surface area contributed by atoms with Crippen molar-refractivity contribution >= 4 is 5.82 Å². The number of nitrogens with zero attached hydrogens (tertiary/aromatic N) is 1. The van der Waals surface area contributed by atoms with Crippen molar-refractivity contribution < 1.29 is 18.6 Å². The lowest BCUT2D eigenvalue weighted by Gasteiger charge is -2.13. The minimum absolute atomic E-state index is 0.0697. The van der Waals surface area contributed by atoms with Gasteiger partial charge >= 0.3 is 0 Å². The Kier molecular flexibility index (Phi) is 6.21. The molecule has 3 aromatic rings. The van der Waals surface area contributed by atoms with E-state index in [0.717, 1.165) is 18.1 Å². The largest absolute Gasteiger partial charge is 0.507 e. The monoisotopic (exact) mass is 384 g/mol. The number of benzene rings is 2. The Morgan fingerprint density at radius 1 is 1.07 bits per heavy atom.